The van der Waals surface area contributed by atoms with Gasteiger partial charge in [0.05, 0.1) is 24.3 Å². The number of ketones is 1. The second-order valence-electron chi connectivity index (χ2n) is 8.41. The third-order valence-corrected chi connectivity index (χ3v) is 6.31. The van der Waals surface area contributed by atoms with Gasteiger partial charge in [0.2, 0.25) is 5.95 Å². The van der Waals surface area contributed by atoms with Crippen molar-refractivity contribution in [2.24, 2.45) is 5.73 Å². The van der Waals surface area contributed by atoms with E-state index in [4.69, 9.17) is 10.5 Å². The topological polar surface area (TPSA) is 132 Å². The smallest absolute Gasteiger partial charge is 0.263 e. The molecule has 0 radical (unpaired) electrons. The number of rotatable bonds is 4. The zero-order chi connectivity index (χ0) is 21.4. The van der Waals surface area contributed by atoms with Gasteiger partial charge in [-0.1, -0.05) is 0 Å². The zero-order valence-corrected chi connectivity index (χ0v) is 17.4. The number of anilines is 1. The first kappa shape index (κ1) is 20.9. The molecule has 9 heteroatoms. The Kier molecular flexibility index (Phi) is 5.86. The van der Waals surface area contributed by atoms with Crippen molar-refractivity contribution in [2.45, 2.75) is 70.2 Å². The molecule has 0 amide bonds. The third-order valence-electron chi connectivity index (χ3n) is 6.31. The molecule has 2 aliphatic rings. The molecular weight excluding hydrogens is 386 g/mol. The van der Waals surface area contributed by atoms with Crippen molar-refractivity contribution in [3.05, 3.63) is 27.7 Å². The van der Waals surface area contributed by atoms with E-state index in [-0.39, 0.29) is 41.6 Å². The Bertz CT molecular complexity index is 1010. The summed E-state index contributed by atoms with van der Waals surface area (Å²) in [5, 5.41) is 14.0. The monoisotopic (exact) mass is 415 g/mol. The van der Waals surface area contributed by atoms with E-state index in [2.05, 4.69) is 15.3 Å². The van der Waals surface area contributed by atoms with Gasteiger partial charge in [0.15, 0.2) is 5.78 Å². The Hall–Kier alpha value is -2.36. The standard InChI is InChI=1S/C21H29N5O4/c1-11-15-9-23-21(24-16-7-8-30-10-17(16)28)25-19(15)26(20(29)18(11)12(2)27)14-5-3-13(22)4-6-14/h9,13-14,16-17,28H,3-8,10,22H2,1-2H3,(H,23,24,25)/t13?,14?,16-,17-/m1/s1. The van der Waals surface area contributed by atoms with Crippen LogP contribution in [0.25, 0.3) is 11.0 Å². The number of pyridine rings is 1. The minimum atomic E-state index is -0.651. The first-order chi connectivity index (χ1) is 14.4. The number of nitrogens with zero attached hydrogens (tertiary/aromatic N) is 3. The number of aromatic nitrogens is 3. The fourth-order valence-corrected chi connectivity index (χ4v) is 4.57. The van der Waals surface area contributed by atoms with Crippen molar-refractivity contribution >= 4 is 22.8 Å². The predicted molar refractivity (Wildman–Crippen MR) is 113 cm³/mol. The summed E-state index contributed by atoms with van der Waals surface area (Å²) in [6.07, 6.45) is 4.82. The molecule has 2 fully saturated rings. The first-order valence-electron chi connectivity index (χ1n) is 10.6. The lowest BCUT2D eigenvalue weighted by atomic mass is 9.91. The maximum absolute atomic E-state index is 13.4. The van der Waals surface area contributed by atoms with Crippen LogP contribution in [0.3, 0.4) is 0 Å². The van der Waals surface area contributed by atoms with E-state index >= 15 is 0 Å². The lowest BCUT2D eigenvalue weighted by molar-refractivity contribution is -0.0136. The van der Waals surface area contributed by atoms with Crippen molar-refractivity contribution in [1.82, 2.24) is 14.5 Å². The number of nitrogens with two attached hydrogens (primary N) is 1. The lowest BCUT2D eigenvalue weighted by Crippen LogP contribution is -2.42. The molecule has 1 aliphatic heterocycles. The van der Waals surface area contributed by atoms with Crippen LogP contribution in [0.15, 0.2) is 11.0 Å². The van der Waals surface area contributed by atoms with Gasteiger partial charge in [-0.15, -0.1) is 0 Å². The summed E-state index contributed by atoms with van der Waals surface area (Å²) in [6.45, 7) is 4.00. The maximum atomic E-state index is 13.4. The van der Waals surface area contributed by atoms with Crippen LogP contribution in [0.4, 0.5) is 5.95 Å². The van der Waals surface area contributed by atoms with E-state index in [1.54, 1.807) is 17.7 Å². The normalized spacial score (nSPS) is 27.2. The summed E-state index contributed by atoms with van der Waals surface area (Å²) in [4.78, 5) is 34.7. The van der Waals surface area contributed by atoms with E-state index < -0.39 is 6.10 Å². The second kappa shape index (κ2) is 8.41. The fourth-order valence-electron chi connectivity index (χ4n) is 4.57. The third kappa shape index (κ3) is 3.84. The van der Waals surface area contributed by atoms with Crippen LogP contribution in [-0.2, 0) is 4.74 Å². The molecule has 0 aromatic carbocycles. The number of ether oxygens (including phenoxy) is 1. The average molecular weight is 415 g/mol. The Labute approximate surface area is 174 Å². The minimum absolute atomic E-state index is 0.0603. The average Bonchev–Trinajstić information content (AvgIpc) is 2.71. The summed E-state index contributed by atoms with van der Waals surface area (Å²) < 4.78 is 6.94. The summed E-state index contributed by atoms with van der Waals surface area (Å²) in [5.74, 6) is 0.0947. The molecule has 2 aromatic rings. The molecule has 1 saturated heterocycles. The highest BCUT2D eigenvalue weighted by Crippen LogP contribution is 2.30. The Morgan fingerprint density at radius 3 is 2.70 bits per heavy atom. The first-order valence-corrected chi connectivity index (χ1v) is 10.6. The number of nitrogens with one attached hydrogen (secondary N) is 1. The molecule has 0 spiro atoms. The van der Waals surface area contributed by atoms with Crippen molar-refractivity contribution < 1.29 is 14.6 Å². The van der Waals surface area contributed by atoms with Gasteiger partial charge in [-0.2, -0.15) is 4.98 Å². The van der Waals surface area contributed by atoms with E-state index in [1.807, 2.05) is 0 Å². The molecule has 0 unspecified atom stereocenters. The molecule has 2 atom stereocenters. The number of aliphatic hydroxyl groups excluding tert-OH is 1. The molecule has 3 heterocycles. The highest BCUT2D eigenvalue weighted by Gasteiger charge is 2.28. The molecular formula is C21H29N5O4. The van der Waals surface area contributed by atoms with E-state index in [1.165, 1.54) is 6.92 Å². The van der Waals surface area contributed by atoms with Crippen LogP contribution < -0.4 is 16.6 Å². The number of fused-ring (bicyclic) bond motifs is 1. The summed E-state index contributed by atoms with van der Waals surface area (Å²) >= 11 is 0. The van der Waals surface area contributed by atoms with Crippen molar-refractivity contribution in [2.75, 3.05) is 18.5 Å². The number of carbonyl (C=O) groups excluding carboxylic acids is 1. The fraction of sp³-hybridized carbons (Fsp3) is 0.619. The maximum Gasteiger partial charge on any atom is 0.263 e. The Morgan fingerprint density at radius 1 is 1.30 bits per heavy atom. The van der Waals surface area contributed by atoms with Gasteiger partial charge in [-0.3, -0.25) is 14.2 Å². The van der Waals surface area contributed by atoms with Gasteiger partial charge in [-0.05, 0) is 51.5 Å². The molecule has 9 nitrogen and oxygen atoms in total. The predicted octanol–water partition coefficient (Wildman–Crippen LogP) is 1.31. The molecule has 1 aliphatic carbocycles. The Balaban J connectivity index is 1.82. The van der Waals surface area contributed by atoms with Crippen LogP contribution in [0.2, 0.25) is 0 Å². The van der Waals surface area contributed by atoms with Crippen LogP contribution in [0, 0.1) is 6.92 Å². The van der Waals surface area contributed by atoms with E-state index in [0.717, 1.165) is 25.7 Å². The van der Waals surface area contributed by atoms with E-state index in [9.17, 15) is 14.7 Å². The molecule has 0 bridgehead atoms. The molecule has 2 aromatic heterocycles. The molecule has 162 valence electrons. The number of aryl methyl sites for hydroxylation is 1. The number of hydrogen-bond acceptors (Lipinski definition) is 8. The summed E-state index contributed by atoms with van der Waals surface area (Å²) in [7, 11) is 0. The van der Waals surface area contributed by atoms with Crippen molar-refractivity contribution in [3.8, 4) is 0 Å². The molecule has 4 N–H and O–H groups in total. The quantitative estimate of drug-likeness (QED) is 0.637. The number of carbonyl (C=O) groups is 1. The van der Waals surface area contributed by atoms with Crippen LogP contribution in [0.1, 0.15) is 61.0 Å². The molecule has 30 heavy (non-hydrogen) atoms. The van der Waals surface area contributed by atoms with Gasteiger partial charge >= 0.3 is 0 Å². The number of aliphatic hydroxyl groups is 1. The largest absolute Gasteiger partial charge is 0.389 e. The van der Waals surface area contributed by atoms with E-state index in [0.29, 0.717) is 35.6 Å². The Morgan fingerprint density at radius 2 is 2.03 bits per heavy atom. The lowest BCUT2D eigenvalue weighted by Gasteiger charge is -2.30. The van der Waals surface area contributed by atoms with Gasteiger partial charge in [0.1, 0.15) is 5.65 Å². The van der Waals surface area contributed by atoms with Gasteiger partial charge in [0, 0.05) is 30.3 Å². The van der Waals surface area contributed by atoms with Gasteiger partial charge in [-0.25, -0.2) is 4.98 Å². The van der Waals surface area contributed by atoms with Crippen molar-refractivity contribution in [1.29, 1.82) is 0 Å². The molecule has 4 rings (SSSR count). The highest BCUT2D eigenvalue weighted by molar-refractivity contribution is 5.99. The van der Waals surface area contributed by atoms with Crippen molar-refractivity contribution in [3.63, 3.8) is 0 Å². The van der Waals surface area contributed by atoms with Gasteiger partial charge < -0.3 is 20.9 Å². The minimum Gasteiger partial charge on any atom is -0.389 e. The summed E-state index contributed by atoms with van der Waals surface area (Å²) in [6, 6.07) is -0.139. The van der Waals surface area contributed by atoms with Crippen LogP contribution >= 0.6 is 0 Å². The van der Waals surface area contributed by atoms with Crippen LogP contribution in [0.5, 0.6) is 0 Å². The number of hydrogen-bond donors (Lipinski definition) is 3. The summed E-state index contributed by atoms with van der Waals surface area (Å²) in [5.41, 5.74) is 7.07. The highest BCUT2D eigenvalue weighted by atomic mass is 16.5. The van der Waals surface area contributed by atoms with Gasteiger partial charge in [0.25, 0.3) is 5.56 Å². The molecule has 1 saturated carbocycles. The number of Topliss-reactive ketones (excluding diaryl/α,β-unsaturated/α-hetero) is 1. The van der Waals surface area contributed by atoms with Crippen LogP contribution in [-0.4, -0.2) is 56.8 Å². The second-order valence-corrected chi connectivity index (χ2v) is 8.41. The zero-order valence-electron chi connectivity index (χ0n) is 17.4. The SMILES string of the molecule is CC(=O)c1c(C)c2cnc(N[C@@H]3CCOC[C@H]3O)nc2n(C2CCC(N)CC2)c1=O.